The molecule has 1 saturated heterocycles. The third-order valence-electron chi connectivity index (χ3n) is 25.3. The summed E-state index contributed by atoms with van der Waals surface area (Å²) in [6, 6.07) is 3.61. The third-order valence-corrected chi connectivity index (χ3v) is 25.3. The first-order chi connectivity index (χ1) is 39.8. The van der Waals surface area contributed by atoms with E-state index in [1.54, 1.807) is 16.7 Å². The van der Waals surface area contributed by atoms with Gasteiger partial charge < -0.3 is 9.47 Å². The summed E-state index contributed by atoms with van der Waals surface area (Å²) in [6.07, 6.45) is 84.0. The van der Waals surface area contributed by atoms with Crippen LogP contribution < -0.4 is 0 Å². The van der Waals surface area contributed by atoms with E-state index in [0.717, 1.165) is 91.8 Å². The van der Waals surface area contributed by atoms with E-state index in [9.17, 15) is 0 Å². The topological polar surface area (TPSA) is 24.9 Å². The van der Waals surface area contributed by atoms with Crippen molar-refractivity contribution >= 4 is 0 Å². The van der Waals surface area contributed by atoms with Gasteiger partial charge in [-0.2, -0.15) is 0 Å². The summed E-state index contributed by atoms with van der Waals surface area (Å²) in [5.41, 5.74) is 7.88. The predicted octanol–water partition coefficient (Wildman–Crippen LogP) is 18.2. The van der Waals surface area contributed by atoms with Crippen LogP contribution in [-0.2, 0) is 9.47 Å². The van der Waals surface area contributed by atoms with Crippen LogP contribution in [0.5, 0.6) is 0 Å². The minimum absolute atomic E-state index is 0.156. The minimum Gasteiger partial charge on any atom is -0.370 e. The molecule has 20 unspecified atom stereocenters. The summed E-state index contributed by atoms with van der Waals surface area (Å²) < 4.78 is 13.9. The van der Waals surface area contributed by atoms with Crippen molar-refractivity contribution in [1.29, 1.82) is 0 Å². The number of ether oxygens (including phenoxy) is 2. The van der Waals surface area contributed by atoms with Gasteiger partial charge in [0, 0.05) is 53.5 Å². The highest BCUT2D eigenvalue weighted by Crippen LogP contribution is 2.71. The molecule has 14 aliphatic rings. The zero-order chi connectivity index (χ0) is 54.6. The van der Waals surface area contributed by atoms with Gasteiger partial charge in [-0.25, -0.2) is 0 Å². The summed E-state index contributed by atoms with van der Waals surface area (Å²) in [7, 11) is 0. The average molecular weight is 1090 g/mol. The maximum atomic E-state index is 6.97. The lowest BCUT2D eigenvalue weighted by Gasteiger charge is -2.57. The van der Waals surface area contributed by atoms with Crippen LogP contribution in [0.1, 0.15) is 187 Å². The Bertz CT molecular complexity index is 2660. The molecule has 0 bridgehead atoms. The Balaban J connectivity index is 0.760. The van der Waals surface area contributed by atoms with Crippen LogP contribution in [0.25, 0.3) is 0 Å². The van der Waals surface area contributed by atoms with E-state index < -0.39 is 0 Å². The quantitative estimate of drug-likeness (QED) is 0.172. The monoisotopic (exact) mass is 1090 g/mol. The first kappa shape index (κ1) is 55.3. The summed E-state index contributed by atoms with van der Waals surface area (Å²) in [5.74, 6) is 7.93. The Labute approximate surface area is 491 Å². The summed E-state index contributed by atoms with van der Waals surface area (Å²) in [5, 5.41) is 0. The first-order valence-corrected chi connectivity index (χ1v) is 34.5. The molecule has 0 N–H and O–H groups in total. The van der Waals surface area contributed by atoms with E-state index in [0.29, 0.717) is 54.2 Å². The molecule has 1 aliphatic heterocycles. The standard InChI is InChI=1S/C77H104N2O2/c1-5-53-22-36-64(37-23-53)80-66-40-30-59(31-41-66)77(73-46-51(3)20-21-52(73)4)72-19-13-12-18-68(72)69-43-35-63(49-74(69)77)78(62-34-28-55-14-10-11-15-57(55)47-62)61-32-26-56(27-33-61)58-29-44-75-70(48-58)71-50-67(81-65-38-24-54(6-2)25-39-65)42-45-76(71)79(75)60-16-8-7-9-17-60/h5-6,10,12,14,18,22,24-26,29-32,38,40,44,48,50-52,55-57,60-70,72-76H,1-2,7-9,11,13,15-17,19-21,23,27-28,33-37,39,41-43,45-47,49H2,3-4H3/t51?,52?,55?,56?,57?,61?,62?,63?,64?,65?,66?,67?,68?,69?,70-,72?,73?,74?,75?,76?,77?/m0/s1. The third kappa shape index (κ3) is 10.7. The SMILES string of the molecule is C=CC1=CCC(OC2C=C3C(CC2)N(C2CCCCC2)C2C=CC(C4C=CC(N(C5CCC6C=CCCC6C5)C5CCC6C7C=CCCC7C(C7=CCC(OC8CC=C(C=C)CC8)C=C7)(C7CC(C)CCC7C)C6C5)CC4)=C[C@@H]32)C=C1. The fourth-order valence-corrected chi connectivity index (χ4v) is 21.6. The van der Waals surface area contributed by atoms with Crippen molar-refractivity contribution in [3.05, 3.63) is 156 Å². The second kappa shape index (κ2) is 24.1. The van der Waals surface area contributed by atoms with Gasteiger partial charge in [-0.05, 0) is 217 Å². The molecule has 4 heteroatoms. The lowest BCUT2D eigenvalue weighted by Crippen LogP contribution is -2.56. The molecule has 434 valence electrons. The van der Waals surface area contributed by atoms with E-state index in [1.165, 1.54) is 146 Å². The smallest absolute Gasteiger partial charge is 0.0801 e. The number of nitrogens with zero attached hydrogens (tertiary/aromatic N) is 2. The normalized spacial score (nSPS) is 44.9. The fraction of sp³-hybridized carbons (Fsp3) is 0.662. The minimum atomic E-state index is 0.156. The van der Waals surface area contributed by atoms with Crippen molar-refractivity contribution in [1.82, 2.24) is 9.80 Å². The van der Waals surface area contributed by atoms with Gasteiger partial charge in [0.25, 0.3) is 0 Å². The number of likely N-dealkylation sites (tertiary alicyclic amines) is 1. The zero-order valence-corrected chi connectivity index (χ0v) is 50.3. The average Bonchev–Trinajstić information content (AvgIpc) is 3.45. The largest absolute Gasteiger partial charge is 0.370 e. The predicted molar refractivity (Wildman–Crippen MR) is 336 cm³/mol. The maximum absolute atomic E-state index is 6.97. The second-order valence-corrected chi connectivity index (χ2v) is 29.4. The molecule has 0 amide bonds. The van der Waals surface area contributed by atoms with Gasteiger partial charge in [-0.3, -0.25) is 9.80 Å². The number of allylic oxidation sites excluding steroid dienone is 14. The zero-order valence-electron chi connectivity index (χ0n) is 50.3. The molecule has 0 aromatic heterocycles. The summed E-state index contributed by atoms with van der Waals surface area (Å²) >= 11 is 0. The van der Waals surface area contributed by atoms with Gasteiger partial charge in [-0.15, -0.1) is 0 Å². The van der Waals surface area contributed by atoms with Gasteiger partial charge in [0.15, 0.2) is 0 Å². The molecule has 0 aromatic carbocycles. The Kier molecular flexibility index (Phi) is 16.5. The molecule has 0 radical (unpaired) electrons. The van der Waals surface area contributed by atoms with Crippen LogP contribution in [0.3, 0.4) is 0 Å². The molecule has 81 heavy (non-hydrogen) atoms. The molecule has 5 saturated carbocycles. The van der Waals surface area contributed by atoms with Crippen molar-refractivity contribution < 1.29 is 9.47 Å². The molecule has 0 spiro atoms. The molecule has 1 heterocycles. The van der Waals surface area contributed by atoms with E-state index in [2.05, 4.69) is 146 Å². The van der Waals surface area contributed by atoms with Crippen LogP contribution in [0.15, 0.2) is 156 Å². The van der Waals surface area contributed by atoms with Crippen LogP contribution in [0.4, 0.5) is 0 Å². The van der Waals surface area contributed by atoms with E-state index >= 15 is 0 Å². The highest BCUT2D eigenvalue weighted by Gasteiger charge is 2.66. The first-order valence-electron chi connectivity index (χ1n) is 34.5. The van der Waals surface area contributed by atoms with Gasteiger partial charge in [0.1, 0.15) is 0 Å². The fourth-order valence-electron chi connectivity index (χ4n) is 21.6. The van der Waals surface area contributed by atoms with Crippen LogP contribution >= 0.6 is 0 Å². The highest BCUT2D eigenvalue weighted by atomic mass is 16.5. The number of hydrogen-bond donors (Lipinski definition) is 0. The van der Waals surface area contributed by atoms with Crippen molar-refractivity contribution in [2.24, 2.45) is 70.5 Å². The lowest BCUT2D eigenvalue weighted by molar-refractivity contribution is -0.0395. The Morgan fingerprint density at radius 2 is 1.46 bits per heavy atom. The molecule has 21 atom stereocenters. The summed E-state index contributed by atoms with van der Waals surface area (Å²) in [6.45, 7) is 13.4. The number of hydrogen-bond acceptors (Lipinski definition) is 4. The van der Waals surface area contributed by atoms with Gasteiger partial charge in [0.05, 0.1) is 24.4 Å². The molecule has 4 nitrogen and oxygen atoms in total. The van der Waals surface area contributed by atoms with Gasteiger partial charge in [-0.1, -0.05) is 180 Å². The lowest BCUT2D eigenvalue weighted by atomic mass is 9.49. The van der Waals surface area contributed by atoms with Crippen LogP contribution in [0, 0.1) is 70.5 Å². The Morgan fingerprint density at radius 1 is 0.617 bits per heavy atom. The van der Waals surface area contributed by atoms with Crippen molar-refractivity contribution in [3.63, 3.8) is 0 Å². The van der Waals surface area contributed by atoms with Gasteiger partial charge >= 0.3 is 0 Å². The number of rotatable bonds is 13. The molecule has 6 fully saturated rings. The van der Waals surface area contributed by atoms with Crippen LogP contribution in [-0.4, -0.2) is 70.5 Å². The van der Waals surface area contributed by atoms with Crippen molar-refractivity contribution in [2.75, 3.05) is 0 Å². The molecular weight excluding hydrogens is 985 g/mol. The highest BCUT2D eigenvalue weighted by molar-refractivity contribution is 5.44. The second-order valence-electron chi connectivity index (χ2n) is 29.4. The van der Waals surface area contributed by atoms with Crippen LogP contribution in [0.2, 0.25) is 0 Å². The molecule has 0 aromatic rings. The van der Waals surface area contributed by atoms with E-state index in [4.69, 9.17) is 9.47 Å². The van der Waals surface area contributed by atoms with E-state index in [-0.39, 0.29) is 23.7 Å². The maximum Gasteiger partial charge on any atom is 0.0801 e. The Hall–Kier alpha value is -3.54. The molecular formula is C77H104N2O2. The van der Waals surface area contributed by atoms with E-state index in [1.807, 2.05) is 6.08 Å². The number of fused-ring (bicyclic) bond motifs is 7. The van der Waals surface area contributed by atoms with Crippen molar-refractivity contribution in [2.45, 2.75) is 248 Å². The molecule has 14 rings (SSSR count). The van der Waals surface area contributed by atoms with Gasteiger partial charge in [0.2, 0.25) is 0 Å². The molecule has 13 aliphatic carbocycles. The van der Waals surface area contributed by atoms with Crippen molar-refractivity contribution in [3.8, 4) is 0 Å². The summed E-state index contributed by atoms with van der Waals surface area (Å²) in [4.78, 5) is 6.35. The Morgan fingerprint density at radius 3 is 2.26 bits per heavy atom.